The lowest BCUT2D eigenvalue weighted by molar-refractivity contribution is 0.0935. The summed E-state index contributed by atoms with van der Waals surface area (Å²) in [6.45, 7) is 1.91. The molecule has 0 radical (unpaired) electrons. The molecule has 1 amide bonds. The number of halogens is 2. The molecule has 0 spiro atoms. The Kier molecular flexibility index (Phi) is 5.53. The van der Waals surface area contributed by atoms with Crippen LogP contribution < -0.4 is 10.1 Å². The molecule has 0 bridgehead atoms. The van der Waals surface area contributed by atoms with Crippen molar-refractivity contribution in [2.24, 2.45) is 0 Å². The van der Waals surface area contributed by atoms with Gasteiger partial charge in [-0.25, -0.2) is 4.39 Å². The van der Waals surface area contributed by atoms with Crippen LogP contribution >= 0.6 is 11.6 Å². The molecule has 0 saturated carbocycles. The fourth-order valence-electron chi connectivity index (χ4n) is 2.44. The summed E-state index contributed by atoms with van der Waals surface area (Å²) in [7, 11) is 0. The number of hydrogen-bond donors (Lipinski definition) is 2. The number of ether oxygens (including phenoxy) is 1. The molecule has 5 nitrogen and oxygen atoms in total. The van der Waals surface area contributed by atoms with Crippen LogP contribution in [0.15, 0.2) is 54.6 Å². The largest absolute Gasteiger partial charge is 0.484 e. The molecule has 0 fully saturated rings. The number of para-hydroxylation sites is 1. The quantitative estimate of drug-likeness (QED) is 0.678. The first kappa shape index (κ1) is 17.9. The maximum absolute atomic E-state index is 13.5. The van der Waals surface area contributed by atoms with E-state index in [1.165, 1.54) is 12.1 Å². The Morgan fingerprint density at radius 2 is 2.00 bits per heavy atom. The first-order valence-electron chi connectivity index (χ1n) is 8.01. The number of hydrogen-bond acceptors (Lipinski definition) is 3. The summed E-state index contributed by atoms with van der Waals surface area (Å²) in [5.41, 5.74) is 1.60. The highest BCUT2D eigenvalue weighted by molar-refractivity contribution is 6.31. The number of aromatic amines is 1. The maximum Gasteiger partial charge on any atom is 0.272 e. The second-order valence-corrected chi connectivity index (χ2v) is 6.12. The predicted octanol–water partition coefficient (Wildman–Crippen LogP) is 4.27. The highest BCUT2D eigenvalue weighted by Crippen LogP contribution is 2.22. The number of carbonyl (C=O) groups is 1. The standard InChI is InChI=1S/C19H17ClFN3O2/c1-12(14-6-2-3-7-15(14)20)22-19(25)17-10-13(23-24-17)11-26-18-9-5-4-8-16(18)21/h2-10,12H,11H2,1H3,(H,22,25)(H,23,24)/t12-/m1/s1. The molecule has 1 aromatic heterocycles. The fraction of sp³-hybridized carbons (Fsp3) is 0.158. The van der Waals surface area contributed by atoms with Gasteiger partial charge in [0.2, 0.25) is 0 Å². The summed E-state index contributed by atoms with van der Waals surface area (Å²) in [5.74, 6) is -0.648. The van der Waals surface area contributed by atoms with E-state index in [9.17, 15) is 9.18 Å². The third kappa shape index (κ3) is 4.21. The minimum atomic E-state index is -0.446. The number of benzene rings is 2. The van der Waals surface area contributed by atoms with Crippen molar-refractivity contribution in [2.75, 3.05) is 0 Å². The molecule has 2 N–H and O–H groups in total. The van der Waals surface area contributed by atoms with E-state index in [4.69, 9.17) is 16.3 Å². The monoisotopic (exact) mass is 373 g/mol. The molecule has 26 heavy (non-hydrogen) atoms. The maximum atomic E-state index is 13.5. The number of nitrogens with one attached hydrogen (secondary N) is 2. The molecule has 0 aliphatic rings. The SMILES string of the molecule is C[C@@H](NC(=O)c1cc(COc2ccccc2F)[nH]n1)c1ccccc1Cl. The van der Waals surface area contributed by atoms with Gasteiger partial charge in [0, 0.05) is 5.02 Å². The van der Waals surface area contributed by atoms with E-state index in [1.807, 2.05) is 25.1 Å². The van der Waals surface area contributed by atoms with Crippen LogP contribution in [0.4, 0.5) is 4.39 Å². The molecule has 0 aliphatic carbocycles. The van der Waals surface area contributed by atoms with Crippen LogP contribution in [-0.2, 0) is 6.61 Å². The summed E-state index contributed by atoms with van der Waals surface area (Å²) in [6.07, 6.45) is 0. The van der Waals surface area contributed by atoms with Gasteiger partial charge in [-0.3, -0.25) is 9.89 Å². The van der Waals surface area contributed by atoms with Crippen LogP contribution in [0.1, 0.15) is 34.7 Å². The smallest absolute Gasteiger partial charge is 0.272 e. The summed E-state index contributed by atoms with van der Waals surface area (Å²) in [4.78, 5) is 12.3. The second-order valence-electron chi connectivity index (χ2n) is 5.71. The lowest BCUT2D eigenvalue weighted by atomic mass is 10.1. The molecule has 3 rings (SSSR count). The Morgan fingerprint density at radius 3 is 2.77 bits per heavy atom. The average molecular weight is 374 g/mol. The van der Waals surface area contributed by atoms with Gasteiger partial charge in [0.15, 0.2) is 11.6 Å². The van der Waals surface area contributed by atoms with Gasteiger partial charge in [-0.2, -0.15) is 5.10 Å². The molecule has 134 valence electrons. The number of H-pyrrole nitrogens is 1. The Bertz CT molecular complexity index is 913. The topological polar surface area (TPSA) is 67.0 Å². The molecule has 0 unspecified atom stereocenters. The van der Waals surface area contributed by atoms with Gasteiger partial charge in [-0.05, 0) is 36.8 Å². The lowest BCUT2D eigenvalue weighted by Crippen LogP contribution is -2.27. The summed E-state index contributed by atoms with van der Waals surface area (Å²) in [5, 5.41) is 10.1. The molecule has 3 aromatic rings. The van der Waals surface area contributed by atoms with Gasteiger partial charge in [0.05, 0.1) is 11.7 Å². The zero-order chi connectivity index (χ0) is 18.5. The Labute approximate surface area is 155 Å². The first-order chi connectivity index (χ1) is 12.5. The average Bonchev–Trinajstić information content (AvgIpc) is 3.10. The van der Waals surface area contributed by atoms with Gasteiger partial charge >= 0.3 is 0 Å². The van der Waals surface area contributed by atoms with Gasteiger partial charge in [-0.1, -0.05) is 41.9 Å². The minimum absolute atomic E-state index is 0.0707. The Morgan fingerprint density at radius 1 is 1.27 bits per heavy atom. The lowest BCUT2D eigenvalue weighted by Gasteiger charge is -2.14. The van der Waals surface area contributed by atoms with Crippen LogP contribution in [0.3, 0.4) is 0 Å². The fourth-order valence-corrected chi connectivity index (χ4v) is 2.74. The van der Waals surface area contributed by atoms with E-state index in [0.29, 0.717) is 10.7 Å². The molecule has 1 heterocycles. The summed E-state index contributed by atoms with van der Waals surface area (Å²) < 4.78 is 18.9. The van der Waals surface area contributed by atoms with Crippen molar-refractivity contribution in [1.82, 2.24) is 15.5 Å². The van der Waals surface area contributed by atoms with Gasteiger partial charge in [-0.15, -0.1) is 0 Å². The predicted molar refractivity (Wildman–Crippen MR) is 96.7 cm³/mol. The third-order valence-electron chi connectivity index (χ3n) is 3.80. The van der Waals surface area contributed by atoms with E-state index < -0.39 is 5.82 Å². The number of aromatic nitrogens is 2. The van der Waals surface area contributed by atoms with Crippen LogP contribution in [0, 0.1) is 5.82 Å². The van der Waals surface area contributed by atoms with E-state index >= 15 is 0 Å². The molecule has 0 saturated heterocycles. The van der Waals surface area contributed by atoms with Gasteiger partial charge < -0.3 is 10.1 Å². The first-order valence-corrected chi connectivity index (χ1v) is 8.39. The van der Waals surface area contributed by atoms with Gasteiger partial charge in [0.1, 0.15) is 12.3 Å². The van der Waals surface area contributed by atoms with Crippen molar-refractivity contribution in [3.05, 3.63) is 82.4 Å². The minimum Gasteiger partial charge on any atom is -0.484 e. The van der Waals surface area contributed by atoms with E-state index in [-0.39, 0.29) is 30.0 Å². The zero-order valence-corrected chi connectivity index (χ0v) is 14.8. The molecule has 0 aliphatic heterocycles. The molecule has 1 atom stereocenters. The van der Waals surface area contributed by atoms with Crippen molar-refractivity contribution < 1.29 is 13.9 Å². The second kappa shape index (κ2) is 8.01. The van der Waals surface area contributed by atoms with Crippen molar-refractivity contribution in [3.8, 4) is 5.75 Å². The third-order valence-corrected chi connectivity index (χ3v) is 4.15. The molecule has 7 heteroatoms. The van der Waals surface area contributed by atoms with Crippen LogP contribution in [0.2, 0.25) is 5.02 Å². The Balaban J connectivity index is 1.61. The van der Waals surface area contributed by atoms with Crippen molar-refractivity contribution in [2.45, 2.75) is 19.6 Å². The summed E-state index contributed by atoms with van der Waals surface area (Å²) in [6, 6.07) is 14.7. The van der Waals surface area contributed by atoms with Crippen molar-refractivity contribution >= 4 is 17.5 Å². The van der Waals surface area contributed by atoms with E-state index in [2.05, 4.69) is 15.5 Å². The number of amides is 1. The van der Waals surface area contributed by atoms with E-state index in [1.54, 1.807) is 24.3 Å². The molecule has 2 aromatic carbocycles. The normalized spacial score (nSPS) is 11.8. The van der Waals surface area contributed by atoms with Crippen molar-refractivity contribution in [1.29, 1.82) is 0 Å². The Hall–Kier alpha value is -2.86. The van der Waals surface area contributed by atoms with Crippen LogP contribution in [0.25, 0.3) is 0 Å². The molecular weight excluding hydrogens is 357 g/mol. The van der Waals surface area contributed by atoms with Crippen LogP contribution in [-0.4, -0.2) is 16.1 Å². The van der Waals surface area contributed by atoms with E-state index in [0.717, 1.165) is 5.56 Å². The highest BCUT2D eigenvalue weighted by atomic mass is 35.5. The zero-order valence-electron chi connectivity index (χ0n) is 14.0. The number of nitrogens with zero attached hydrogens (tertiary/aromatic N) is 1. The molecular formula is C19H17ClFN3O2. The number of rotatable bonds is 6. The summed E-state index contributed by atoms with van der Waals surface area (Å²) >= 11 is 6.14. The number of carbonyl (C=O) groups excluding carboxylic acids is 1. The van der Waals surface area contributed by atoms with Crippen molar-refractivity contribution in [3.63, 3.8) is 0 Å². The van der Waals surface area contributed by atoms with Gasteiger partial charge in [0.25, 0.3) is 5.91 Å². The van der Waals surface area contributed by atoms with Crippen LogP contribution in [0.5, 0.6) is 5.75 Å². The highest BCUT2D eigenvalue weighted by Gasteiger charge is 2.16.